The summed E-state index contributed by atoms with van der Waals surface area (Å²) >= 11 is 0. The molecule has 0 spiro atoms. The van der Waals surface area contributed by atoms with Crippen molar-refractivity contribution >= 4 is 16.9 Å². The van der Waals surface area contributed by atoms with E-state index in [0.29, 0.717) is 12.1 Å². The molecule has 0 bridgehead atoms. The lowest BCUT2D eigenvalue weighted by Gasteiger charge is -2.13. The van der Waals surface area contributed by atoms with Crippen LogP contribution in [0, 0.1) is 23.3 Å². The number of hydrogen-bond donors (Lipinski definition) is 1. The quantitative estimate of drug-likeness (QED) is 0.459. The van der Waals surface area contributed by atoms with Gasteiger partial charge in [-0.25, -0.2) is 22.4 Å². The van der Waals surface area contributed by atoms with Crippen molar-refractivity contribution in [2.75, 3.05) is 0 Å². The monoisotopic (exact) mass is 444 g/mol. The molecule has 0 saturated heterocycles. The Morgan fingerprint density at radius 2 is 1.69 bits per heavy atom. The molecule has 0 aliphatic heterocycles. The minimum absolute atomic E-state index is 0.0236. The minimum Gasteiger partial charge on any atom is -0.478 e. The summed E-state index contributed by atoms with van der Waals surface area (Å²) in [6.45, 7) is -0.368. The molecule has 4 aromatic rings. The van der Waals surface area contributed by atoms with Crippen molar-refractivity contribution in [1.82, 2.24) is 9.55 Å². The smallest absolute Gasteiger partial charge is 0.335 e. The van der Waals surface area contributed by atoms with Gasteiger partial charge in [0.2, 0.25) is 0 Å². The van der Waals surface area contributed by atoms with E-state index in [0.717, 1.165) is 24.5 Å². The lowest BCUT2D eigenvalue weighted by molar-refractivity contribution is 0.0696. The first-order valence-electron chi connectivity index (χ1n) is 9.06. The van der Waals surface area contributed by atoms with Gasteiger partial charge >= 0.3 is 5.97 Å². The third-order valence-electron chi connectivity index (χ3n) is 4.66. The second kappa shape index (κ2) is 8.14. The highest BCUT2D eigenvalue weighted by Gasteiger charge is 2.15. The molecule has 1 heterocycles. The zero-order valence-corrected chi connectivity index (χ0v) is 16.0. The number of rotatable bonds is 5. The summed E-state index contributed by atoms with van der Waals surface area (Å²) in [5.41, 5.74) is -1.09. The third-order valence-corrected chi connectivity index (χ3v) is 4.66. The minimum atomic E-state index is -1.30. The number of halogens is 4. The standard InChI is InChI=1S/C22H12F4N2O4/c23-12-6-16(24)15(17(25)7-12)9-28-10-27-21(29)14-8-13(2-3-19(14)28)32-20-4-1-11(22(30)31)5-18(20)26/h1-8,10H,9H2,(H,30,31). The molecule has 4 rings (SSSR count). The number of carboxylic acids is 1. The maximum absolute atomic E-state index is 14.1. The highest BCUT2D eigenvalue weighted by molar-refractivity contribution is 5.87. The molecule has 162 valence electrons. The largest absolute Gasteiger partial charge is 0.478 e. The Morgan fingerprint density at radius 3 is 2.34 bits per heavy atom. The summed E-state index contributed by atoms with van der Waals surface area (Å²) in [7, 11) is 0. The Hall–Kier alpha value is -4.21. The van der Waals surface area contributed by atoms with E-state index < -0.39 is 40.4 Å². The summed E-state index contributed by atoms with van der Waals surface area (Å²) in [5.74, 6) is -5.68. The first kappa shape index (κ1) is 21.0. The van der Waals surface area contributed by atoms with Gasteiger partial charge in [0.1, 0.15) is 23.2 Å². The molecule has 0 aliphatic carbocycles. The number of aromatic nitrogens is 2. The molecule has 3 aromatic carbocycles. The molecule has 0 aliphatic rings. The van der Waals surface area contributed by atoms with E-state index in [-0.39, 0.29) is 34.5 Å². The van der Waals surface area contributed by atoms with Crippen molar-refractivity contribution in [3.63, 3.8) is 0 Å². The van der Waals surface area contributed by atoms with Crippen LogP contribution < -0.4 is 10.3 Å². The average molecular weight is 444 g/mol. The molecular formula is C22H12F4N2O4. The molecule has 32 heavy (non-hydrogen) atoms. The van der Waals surface area contributed by atoms with Gasteiger partial charge in [0.15, 0.2) is 11.6 Å². The molecule has 1 N–H and O–H groups in total. The Kier molecular flexibility index (Phi) is 5.35. The van der Waals surface area contributed by atoms with Crippen LogP contribution >= 0.6 is 0 Å². The molecule has 0 amide bonds. The van der Waals surface area contributed by atoms with Gasteiger partial charge in [-0.15, -0.1) is 0 Å². The van der Waals surface area contributed by atoms with E-state index in [1.165, 1.54) is 22.8 Å². The number of carboxylic acid groups (broad SMARTS) is 1. The topological polar surface area (TPSA) is 81.4 Å². The SMILES string of the molecule is O=C(O)c1ccc(Oc2ccc3c(c2)c(=O)ncn3Cc2c(F)cc(F)cc2F)c(F)c1. The fourth-order valence-corrected chi connectivity index (χ4v) is 3.12. The zero-order chi connectivity index (χ0) is 23.0. The average Bonchev–Trinajstić information content (AvgIpc) is 2.73. The van der Waals surface area contributed by atoms with Crippen LogP contribution in [0.4, 0.5) is 17.6 Å². The van der Waals surface area contributed by atoms with Crippen LogP contribution in [0.3, 0.4) is 0 Å². The van der Waals surface area contributed by atoms with E-state index in [2.05, 4.69) is 4.98 Å². The fourth-order valence-electron chi connectivity index (χ4n) is 3.12. The predicted octanol–water partition coefficient (Wildman–Crippen LogP) is 4.49. The van der Waals surface area contributed by atoms with Crippen LogP contribution in [0.1, 0.15) is 15.9 Å². The normalized spacial score (nSPS) is 11.0. The van der Waals surface area contributed by atoms with Gasteiger partial charge in [-0.1, -0.05) is 0 Å². The molecule has 0 atom stereocenters. The van der Waals surface area contributed by atoms with E-state index >= 15 is 0 Å². The highest BCUT2D eigenvalue weighted by atomic mass is 19.1. The lowest BCUT2D eigenvalue weighted by Crippen LogP contribution is -2.14. The van der Waals surface area contributed by atoms with Gasteiger partial charge in [-0.3, -0.25) is 4.79 Å². The van der Waals surface area contributed by atoms with Crippen LogP contribution in [0.25, 0.3) is 10.9 Å². The molecule has 10 heteroatoms. The summed E-state index contributed by atoms with van der Waals surface area (Å²) < 4.78 is 62.1. The highest BCUT2D eigenvalue weighted by Crippen LogP contribution is 2.27. The van der Waals surface area contributed by atoms with Gasteiger partial charge in [0.05, 0.1) is 29.3 Å². The molecule has 0 saturated carbocycles. The van der Waals surface area contributed by atoms with Crippen LogP contribution in [-0.4, -0.2) is 20.6 Å². The van der Waals surface area contributed by atoms with Crippen molar-refractivity contribution in [3.05, 3.63) is 99.6 Å². The van der Waals surface area contributed by atoms with Gasteiger partial charge in [0, 0.05) is 17.7 Å². The molecule has 0 unspecified atom stereocenters. The predicted molar refractivity (Wildman–Crippen MR) is 105 cm³/mol. The Balaban J connectivity index is 1.71. The Bertz CT molecular complexity index is 1410. The zero-order valence-electron chi connectivity index (χ0n) is 16.0. The van der Waals surface area contributed by atoms with Crippen LogP contribution in [0.5, 0.6) is 11.5 Å². The van der Waals surface area contributed by atoms with E-state index in [9.17, 15) is 27.2 Å². The van der Waals surface area contributed by atoms with Crippen molar-refractivity contribution in [3.8, 4) is 11.5 Å². The third kappa shape index (κ3) is 4.02. The summed E-state index contributed by atoms with van der Waals surface area (Å²) in [4.78, 5) is 26.8. The van der Waals surface area contributed by atoms with Gasteiger partial charge < -0.3 is 14.4 Å². The summed E-state index contributed by atoms with van der Waals surface area (Å²) in [5, 5.41) is 8.92. The number of benzene rings is 3. The number of nitrogens with zero attached hydrogens (tertiary/aromatic N) is 2. The van der Waals surface area contributed by atoms with Crippen molar-refractivity contribution < 1.29 is 32.2 Å². The van der Waals surface area contributed by atoms with Crippen LogP contribution in [0.15, 0.2) is 59.7 Å². The van der Waals surface area contributed by atoms with Crippen molar-refractivity contribution in [2.45, 2.75) is 6.54 Å². The van der Waals surface area contributed by atoms with Gasteiger partial charge in [-0.2, -0.15) is 4.98 Å². The van der Waals surface area contributed by atoms with E-state index in [4.69, 9.17) is 9.84 Å². The number of hydrogen-bond acceptors (Lipinski definition) is 4. The summed E-state index contributed by atoms with van der Waals surface area (Å²) in [6.07, 6.45) is 1.09. The summed E-state index contributed by atoms with van der Waals surface area (Å²) in [6, 6.07) is 8.24. The Morgan fingerprint density at radius 1 is 0.969 bits per heavy atom. The first-order valence-corrected chi connectivity index (χ1v) is 9.06. The second-order valence-corrected chi connectivity index (χ2v) is 6.76. The number of carbonyl (C=O) groups is 1. The van der Waals surface area contributed by atoms with Crippen LogP contribution in [0.2, 0.25) is 0 Å². The van der Waals surface area contributed by atoms with Crippen LogP contribution in [-0.2, 0) is 6.54 Å². The maximum atomic E-state index is 14.1. The first-order chi connectivity index (χ1) is 15.2. The van der Waals surface area contributed by atoms with Crippen molar-refractivity contribution in [2.24, 2.45) is 0 Å². The molecule has 1 aromatic heterocycles. The molecule has 0 radical (unpaired) electrons. The van der Waals surface area contributed by atoms with Crippen molar-refractivity contribution in [1.29, 1.82) is 0 Å². The number of aromatic carboxylic acids is 1. The molecular weight excluding hydrogens is 432 g/mol. The lowest BCUT2D eigenvalue weighted by atomic mass is 10.1. The van der Waals surface area contributed by atoms with Gasteiger partial charge in [-0.05, 0) is 36.4 Å². The second-order valence-electron chi connectivity index (χ2n) is 6.76. The van der Waals surface area contributed by atoms with E-state index in [1.807, 2.05) is 0 Å². The number of ether oxygens (including phenoxy) is 1. The fraction of sp³-hybridized carbons (Fsp3) is 0.0455. The Labute approximate surface area is 176 Å². The van der Waals surface area contributed by atoms with Gasteiger partial charge in [0.25, 0.3) is 5.56 Å². The van der Waals surface area contributed by atoms with E-state index in [1.54, 1.807) is 0 Å². The maximum Gasteiger partial charge on any atom is 0.335 e. The molecule has 0 fully saturated rings. The molecule has 6 nitrogen and oxygen atoms in total. The number of fused-ring (bicyclic) bond motifs is 1.